The van der Waals surface area contributed by atoms with E-state index in [4.69, 9.17) is 10.00 Å². The highest BCUT2D eigenvalue weighted by Gasteiger charge is 2.30. The van der Waals surface area contributed by atoms with Crippen molar-refractivity contribution in [2.45, 2.75) is 50.6 Å². The lowest BCUT2D eigenvalue weighted by molar-refractivity contribution is -0.142. The van der Waals surface area contributed by atoms with Gasteiger partial charge in [0.25, 0.3) is 0 Å². The molecule has 2 aromatic rings. The Hall–Kier alpha value is -3.86. The molecule has 0 saturated carbocycles. The van der Waals surface area contributed by atoms with Gasteiger partial charge in [-0.05, 0) is 41.5 Å². The number of unbranched alkanes of at least 4 members (excludes halogenated alkanes) is 1. The topological polar surface area (TPSA) is 129 Å². The molecule has 0 aliphatic heterocycles. The van der Waals surface area contributed by atoms with Gasteiger partial charge in [0.05, 0.1) is 6.07 Å². The predicted molar refractivity (Wildman–Crippen MR) is 121 cm³/mol. The Bertz CT molecular complexity index is 1020. The Morgan fingerprint density at radius 1 is 1.03 bits per heavy atom. The van der Waals surface area contributed by atoms with Crippen molar-refractivity contribution in [1.29, 1.82) is 5.26 Å². The van der Waals surface area contributed by atoms with Gasteiger partial charge in [-0.25, -0.2) is 9.59 Å². The van der Waals surface area contributed by atoms with E-state index in [0.717, 1.165) is 22.3 Å². The van der Waals surface area contributed by atoms with Gasteiger partial charge < -0.3 is 20.5 Å². The number of carboxylic acids is 1. The van der Waals surface area contributed by atoms with Crippen molar-refractivity contribution < 1.29 is 24.2 Å². The third kappa shape index (κ3) is 5.69. The first-order valence-electron chi connectivity index (χ1n) is 11.0. The van der Waals surface area contributed by atoms with Crippen molar-refractivity contribution >= 4 is 18.0 Å². The minimum Gasteiger partial charge on any atom is -0.480 e. The number of fused-ring (bicyclic) bond motifs is 3. The van der Waals surface area contributed by atoms with Gasteiger partial charge in [0, 0.05) is 12.3 Å². The van der Waals surface area contributed by atoms with Crippen LogP contribution in [0.25, 0.3) is 11.1 Å². The molecule has 3 N–H and O–H groups in total. The van der Waals surface area contributed by atoms with Crippen LogP contribution in [-0.4, -0.2) is 41.8 Å². The summed E-state index contributed by atoms with van der Waals surface area (Å²) >= 11 is 0. The second-order valence-corrected chi connectivity index (χ2v) is 7.88. The second-order valence-electron chi connectivity index (χ2n) is 7.88. The third-order valence-corrected chi connectivity index (χ3v) is 5.76. The summed E-state index contributed by atoms with van der Waals surface area (Å²) in [5.74, 6) is -1.89. The summed E-state index contributed by atoms with van der Waals surface area (Å²) < 4.78 is 5.49. The number of hydrogen-bond donors (Lipinski definition) is 3. The molecule has 2 aromatic carbocycles. The maximum absolute atomic E-state index is 12.6. The average molecular weight is 450 g/mol. The molecule has 2 atom stereocenters. The molecule has 0 heterocycles. The first-order chi connectivity index (χ1) is 16.0. The lowest BCUT2D eigenvalue weighted by Crippen LogP contribution is -2.51. The van der Waals surface area contributed by atoms with Crippen LogP contribution in [0.5, 0.6) is 0 Å². The van der Waals surface area contributed by atoms with Gasteiger partial charge in [0.15, 0.2) is 0 Å². The third-order valence-electron chi connectivity index (χ3n) is 5.76. The minimum atomic E-state index is -1.15. The van der Waals surface area contributed by atoms with E-state index in [1.54, 1.807) is 6.92 Å². The summed E-state index contributed by atoms with van der Waals surface area (Å²) in [6, 6.07) is 15.9. The molecule has 2 amide bonds. The Morgan fingerprint density at radius 2 is 1.64 bits per heavy atom. The van der Waals surface area contributed by atoms with Crippen molar-refractivity contribution in [3.05, 3.63) is 59.7 Å². The van der Waals surface area contributed by atoms with Crippen molar-refractivity contribution in [2.24, 2.45) is 0 Å². The molecular formula is C25H27N3O5. The van der Waals surface area contributed by atoms with Crippen LogP contribution in [0.4, 0.5) is 4.79 Å². The van der Waals surface area contributed by atoms with Crippen LogP contribution in [0.1, 0.15) is 49.7 Å². The predicted octanol–water partition coefficient (Wildman–Crippen LogP) is 3.57. The lowest BCUT2D eigenvalue weighted by atomic mass is 9.98. The highest BCUT2D eigenvalue weighted by Crippen LogP contribution is 2.44. The Labute approximate surface area is 192 Å². The van der Waals surface area contributed by atoms with E-state index >= 15 is 0 Å². The summed E-state index contributed by atoms with van der Waals surface area (Å²) in [6.07, 6.45) is 0.225. The fourth-order valence-electron chi connectivity index (χ4n) is 4.05. The van der Waals surface area contributed by atoms with Crippen molar-refractivity contribution in [2.75, 3.05) is 6.61 Å². The highest BCUT2D eigenvalue weighted by molar-refractivity contribution is 5.89. The van der Waals surface area contributed by atoms with Gasteiger partial charge in [-0.3, -0.25) is 4.79 Å². The molecule has 1 aliphatic carbocycles. The first-order valence-corrected chi connectivity index (χ1v) is 11.0. The molecule has 3 rings (SSSR count). The molecule has 8 nitrogen and oxygen atoms in total. The number of nitrogens with one attached hydrogen (secondary N) is 2. The molecule has 1 aliphatic rings. The Kier molecular flexibility index (Phi) is 8.03. The molecule has 0 fully saturated rings. The van der Waals surface area contributed by atoms with Gasteiger partial charge in [0.2, 0.25) is 5.91 Å². The number of nitrogens with zero attached hydrogens (tertiary/aromatic N) is 1. The number of amides is 2. The molecule has 0 saturated heterocycles. The van der Waals surface area contributed by atoms with Crippen LogP contribution >= 0.6 is 0 Å². The van der Waals surface area contributed by atoms with E-state index in [1.807, 2.05) is 54.6 Å². The molecule has 33 heavy (non-hydrogen) atoms. The molecular weight excluding hydrogens is 422 g/mol. The van der Waals surface area contributed by atoms with Crippen LogP contribution in [0.15, 0.2) is 48.5 Å². The SMILES string of the molecule is CC[C@@H](NC(=O)C(CCCC#N)NC(=O)OCC1c2ccccc2-c2ccccc21)C(=O)O. The zero-order valence-electron chi connectivity index (χ0n) is 18.4. The van der Waals surface area contributed by atoms with Crippen molar-refractivity contribution in [3.8, 4) is 17.2 Å². The van der Waals surface area contributed by atoms with Crippen LogP contribution in [0.3, 0.4) is 0 Å². The number of carboxylic acid groups (broad SMARTS) is 1. The van der Waals surface area contributed by atoms with Gasteiger partial charge in [-0.15, -0.1) is 0 Å². The number of hydrogen-bond acceptors (Lipinski definition) is 5. The molecule has 8 heteroatoms. The smallest absolute Gasteiger partial charge is 0.407 e. The summed E-state index contributed by atoms with van der Waals surface area (Å²) in [6.45, 7) is 1.74. The van der Waals surface area contributed by atoms with Gasteiger partial charge in [0.1, 0.15) is 18.7 Å². The number of rotatable bonds is 10. The minimum absolute atomic E-state index is 0.0963. The van der Waals surface area contributed by atoms with Crippen LogP contribution in [0, 0.1) is 11.3 Å². The van der Waals surface area contributed by atoms with Crippen molar-refractivity contribution in [1.82, 2.24) is 10.6 Å². The molecule has 0 spiro atoms. The van der Waals surface area contributed by atoms with Crippen LogP contribution in [-0.2, 0) is 14.3 Å². The van der Waals surface area contributed by atoms with E-state index < -0.39 is 30.1 Å². The normalized spacial score (nSPS) is 13.7. The van der Waals surface area contributed by atoms with Gasteiger partial charge in [-0.1, -0.05) is 55.5 Å². The zero-order chi connectivity index (χ0) is 23.8. The summed E-state index contributed by atoms with van der Waals surface area (Å²) in [4.78, 5) is 36.4. The van der Waals surface area contributed by atoms with Crippen LogP contribution < -0.4 is 10.6 Å². The quantitative estimate of drug-likeness (QED) is 0.476. The average Bonchev–Trinajstić information content (AvgIpc) is 3.14. The second kappa shape index (κ2) is 11.1. The van der Waals surface area contributed by atoms with Crippen LogP contribution in [0.2, 0.25) is 0 Å². The van der Waals surface area contributed by atoms with Gasteiger partial charge in [-0.2, -0.15) is 5.26 Å². The first kappa shape index (κ1) is 23.8. The number of carbonyl (C=O) groups excluding carboxylic acids is 2. The van der Waals surface area contributed by atoms with Gasteiger partial charge >= 0.3 is 12.1 Å². The molecule has 0 aromatic heterocycles. The summed E-state index contributed by atoms with van der Waals surface area (Å²) in [7, 11) is 0. The fourth-order valence-corrected chi connectivity index (χ4v) is 4.05. The van der Waals surface area contributed by atoms with E-state index in [9.17, 15) is 19.5 Å². The Balaban J connectivity index is 1.66. The maximum Gasteiger partial charge on any atom is 0.407 e. The summed E-state index contributed by atoms with van der Waals surface area (Å²) in [5.41, 5.74) is 4.36. The Morgan fingerprint density at radius 3 is 2.18 bits per heavy atom. The van der Waals surface area contributed by atoms with Crippen molar-refractivity contribution in [3.63, 3.8) is 0 Å². The number of nitriles is 1. The van der Waals surface area contributed by atoms with E-state index in [-0.39, 0.29) is 31.8 Å². The number of carbonyl (C=O) groups is 3. The maximum atomic E-state index is 12.6. The highest BCUT2D eigenvalue weighted by atomic mass is 16.5. The monoisotopic (exact) mass is 449 g/mol. The number of alkyl carbamates (subject to hydrolysis) is 1. The lowest BCUT2D eigenvalue weighted by Gasteiger charge is -2.21. The molecule has 1 unspecified atom stereocenters. The number of ether oxygens (including phenoxy) is 1. The molecule has 0 bridgehead atoms. The zero-order valence-corrected chi connectivity index (χ0v) is 18.4. The number of aliphatic carboxylic acids is 1. The van der Waals surface area contributed by atoms with E-state index in [2.05, 4.69) is 10.6 Å². The fraction of sp³-hybridized carbons (Fsp3) is 0.360. The van der Waals surface area contributed by atoms with E-state index in [1.165, 1.54) is 0 Å². The van der Waals surface area contributed by atoms with E-state index in [0.29, 0.717) is 6.42 Å². The standard InChI is InChI=1S/C25H27N3O5/c1-2-21(24(30)31)27-23(29)22(13-7-8-14-26)28-25(32)33-15-20-18-11-5-3-9-16(18)17-10-4-6-12-19(17)20/h3-6,9-12,20-22H,2,7-8,13,15H2,1H3,(H,27,29)(H,28,32)(H,30,31)/t21-,22?/m1/s1. The largest absolute Gasteiger partial charge is 0.480 e. The number of benzene rings is 2. The molecule has 172 valence electrons. The summed E-state index contributed by atoms with van der Waals surface area (Å²) in [5, 5.41) is 22.9. The molecule has 0 radical (unpaired) electrons.